The number of halogens is 2. The van der Waals surface area contributed by atoms with Gasteiger partial charge in [0.05, 0.1) is 0 Å². The van der Waals surface area contributed by atoms with Crippen molar-refractivity contribution in [1.82, 2.24) is 9.97 Å². The highest BCUT2D eigenvalue weighted by atomic mass is 19.3. The Labute approximate surface area is 97.1 Å². The predicted octanol–water partition coefficient (Wildman–Crippen LogP) is 3.05. The van der Waals surface area contributed by atoms with Crippen LogP contribution in [0.25, 0.3) is 11.1 Å². The van der Waals surface area contributed by atoms with Gasteiger partial charge >= 0.3 is 6.61 Å². The molecule has 88 valence electrons. The van der Waals surface area contributed by atoms with Crippen molar-refractivity contribution < 1.29 is 13.5 Å². The van der Waals surface area contributed by atoms with Crippen LogP contribution < -0.4 is 4.74 Å². The molecule has 0 aliphatic rings. The Morgan fingerprint density at radius 1 is 1.24 bits per heavy atom. The summed E-state index contributed by atoms with van der Waals surface area (Å²) < 4.78 is 28.4. The van der Waals surface area contributed by atoms with Gasteiger partial charge < -0.3 is 4.74 Å². The van der Waals surface area contributed by atoms with Crippen molar-refractivity contribution in [2.45, 2.75) is 13.5 Å². The van der Waals surface area contributed by atoms with Crippen LogP contribution in [0, 0.1) is 6.92 Å². The first-order valence-corrected chi connectivity index (χ1v) is 4.98. The lowest BCUT2D eigenvalue weighted by Crippen LogP contribution is -2.05. The maximum absolute atomic E-state index is 12.1. The molecule has 0 saturated heterocycles. The first-order valence-electron chi connectivity index (χ1n) is 4.98. The molecule has 3 nitrogen and oxygen atoms in total. The maximum atomic E-state index is 12.1. The SMILES string of the molecule is Cc1cc(-c2cccnc2)cnc1OC(F)F. The van der Waals surface area contributed by atoms with Gasteiger partial charge in [-0.1, -0.05) is 6.07 Å². The molecule has 0 atom stereocenters. The highest BCUT2D eigenvalue weighted by Crippen LogP contribution is 2.23. The van der Waals surface area contributed by atoms with Gasteiger partial charge in [-0.05, 0) is 19.1 Å². The number of aryl methyl sites for hydroxylation is 1. The largest absolute Gasteiger partial charge is 0.417 e. The summed E-state index contributed by atoms with van der Waals surface area (Å²) >= 11 is 0. The number of alkyl halides is 2. The average Bonchev–Trinajstić information content (AvgIpc) is 2.32. The molecule has 0 saturated carbocycles. The molecule has 0 aliphatic carbocycles. The summed E-state index contributed by atoms with van der Waals surface area (Å²) in [5.41, 5.74) is 2.26. The zero-order chi connectivity index (χ0) is 12.3. The third-order valence-corrected chi connectivity index (χ3v) is 2.23. The molecule has 2 heterocycles. The Kier molecular flexibility index (Phi) is 3.27. The summed E-state index contributed by atoms with van der Waals surface area (Å²) in [6.45, 7) is -1.18. The minimum Gasteiger partial charge on any atom is -0.417 e. The molecule has 0 unspecified atom stereocenters. The number of pyridine rings is 2. The Hall–Kier alpha value is -2.04. The van der Waals surface area contributed by atoms with Crippen LogP contribution in [-0.4, -0.2) is 16.6 Å². The van der Waals surface area contributed by atoms with E-state index in [0.29, 0.717) is 5.56 Å². The number of rotatable bonds is 3. The topological polar surface area (TPSA) is 35.0 Å². The second-order valence-electron chi connectivity index (χ2n) is 3.47. The summed E-state index contributed by atoms with van der Waals surface area (Å²) in [5, 5.41) is 0. The van der Waals surface area contributed by atoms with E-state index in [1.165, 1.54) is 6.20 Å². The lowest BCUT2D eigenvalue weighted by molar-refractivity contribution is -0.0533. The van der Waals surface area contributed by atoms with Crippen LogP contribution in [0.15, 0.2) is 36.8 Å². The van der Waals surface area contributed by atoms with Crippen LogP contribution in [0.5, 0.6) is 5.88 Å². The van der Waals surface area contributed by atoms with Crippen LogP contribution in [-0.2, 0) is 0 Å². The predicted molar refractivity (Wildman–Crippen MR) is 58.8 cm³/mol. The quantitative estimate of drug-likeness (QED) is 0.821. The van der Waals surface area contributed by atoms with Crippen molar-refractivity contribution in [3.05, 3.63) is 42.4 Å². The molecule has 0 aliphatic heterocycles. The molecule has 0 N–H and O–H groups in total. The molecule has 2 aromatic rings. The average molecular weight is 236 g/mol. The maximum Gasteiger partial charge on any atom is 0.388 e. The van der Waals surface area contributed by atoms with Crippen LogP contribution in [0.2, 0.25) is 0 Å². The van der Waals surface area contributed by atoms with Gasteiger partial charge in [0.15, 0.2) is 0 Å². The van der Waals surface area contributed by atoms with Gasteiger partial charge in [-0.25, -0.2) is 4.98 Å². The van der Waals surface area contributed by atoms with E-state index in [4.69, 9.17) is 0 Å². The fraction of sp³-hybridized carbons (Fsp3) is 0.167. The van der Waals surface area contributed by atoms with Crippen LogP contribution >= 0.6 is 0 Å². The third kappa shape index (κ3) is 2.75. The van der Waals surface area contributed by atoms with Crippen molar-refractivity contribution in [2.24, 2.45) is 0 Å². The van der Waals surface area contributed by atoms with Gasteiger partial charge in [0.25, 0.3) is 0 Å². The van der Waals surface area contributed by atoms with Gasteiger partial charge in [0, 0.05) is 35.3 Å². The fourth-order valence-electron chi connectivity index (χ4n) is 1.46. The van der Waals surface area contributed by atoms with Crippen molar-refractivity contribution in [3.8, 4) is 17.0 Å². The van der Waals surface area contributed by atoms with Crippen LogP contribution in [0.3, 0.4) is 0 Å². The monoisotopic (exact) mass is 236 g/mol. The normalized spacial score (nSPS) is 10.6. The van der Waals surface area contributed by atoms with E-state index in [1.54, 1.807) is 31.5 Å². The number of aromatic nitrogens is 2. The summed E-state index contributed by atoms with van der Waals surface area (Å²) in [5.74, 6) is -0.0485. The van der Waals surface area contributed by atoms with E-state index in [2.05, 4.69) is 14.7 Å². The second kappa shape index (κ2) is 4.86. The number of hydrogen-bond acceptors (Lipinski definition) is 3. The zero-order valence-corrected chi connectivity index (χ0v) is 9.10. The number of ether oxygens (including phenoxy) is 1. The summed E-state index contributed by atoms with van der Waals surface area (Å²) in [7, 11) is 0. The lowest BCUT2D eigenvalue weighted by atomic mass is 10.1. The van der Waals surface area contributed by atoms with Gasteiger partial charge in [0.1, 0.15) is 0 Å². The smallest absolute Gasteiger partial charge is 0.388 e. The molecule has 0 bridgehead atoms. The van der Waals surface area contributed by atoms with Gasteiger partial charge in [-0.15, -0.1) is 0 Å². The van der Waals surface area contributed by atoms with E-state index in [-0.39, 0.29) is 5.88 Å². The molecular weight excluding hydrogens is 226 g/mol. The van der Waals surface area contributed by atoms with Crippen LogP contribution in [0.1, 0.15) is 5.56 Å². The first-order chi connectivity index (χ1) is 8.16. The van der Waals surface area contributed by atoms with Crippen molar-refractivity contribution in [1.29, 1.82) is 0 Å². The Morgan fingerprint density at radius 2 is 2.06 bits per heavy atom. The zero-order valence-electron chi connectivity index (χ0n) is 9.10. The molecule has 0 spiro atoms. The first kappa shape index (κ1) is 11.4. The Balaban J connectivity index is 2.31. The molecule has 0 radical (unpaired) electrons. The Bertz CT molecular complexity index is 503. The fourth-order valence-corrected chi connectivity index (χ4v) is 1.46. The van der Waals surface area contributed by atoms with E-state index in [1.807, 2.05) is 6.07 Å². The van der Waals surface area contributed by atoms with Crippen molar-refractivity contribution >= 4 is 0 Å². The highest BCUT2D eigenvalue weighted by Gasteiger charge is 2.09. The standard InChI is InChI=1S/C12H10F2N2O/c1-8-5-10(9-3-2-4-15-6-9)7-16-11(8)17-12(13)14/h2-7,12H,1H3. The molecule has 0 amide bonds. The molecule has 17 heavy (non-hydrogen) atoms. The second-order valence-corrected chi connectivity index (χ2v) is 3.47. The van der Waals surface area contributed by atoms with Crippen LogP contribution in [0.4, 0.5) is 8.78 Å². The number of nitrogens with zero attached hydrogens (tertiary/aromatic N) is 2. The molecule has 5 heteroatoms. The van der Waals surface area contributed by atoms with E-state index < -0.39 is 6.61 Å². The third-order valence-electron chi connectivity index (χ3n) is 2.23. The molecule has 2 aromatic heterocycles. The molecule has 0 aromatic carbocycles. The number of hydrogen-bond donors (Lipinski definition) is 0. The summed E-state index contributed by atoms with van der Waals surface area (Å²) in [4.78, 5) is 7.85. The molecular formula is C12H10F2N2O. The lowest BCUT2D eigenvalue weighted by Gasteiger charge is -2.08. The van der Waals surface area contributed by atoms with E-state index in [9.17, 15) is 8.78 Å². The van der Waals surface area contributed by atoms with Crippen molar-refractivity contribution in [3.63, 3.8) is 0 Å². The highest BCUT2D eigenvalue weighted by molar-refractivity contribution is 5.62. The summed E-state index contributed by atoms with van der Waals surface area (Å²) in [6, 6.07) is 5.41. The minimum absolute atomic E-state index is 0.0485. The van der Waals surface area contributed by atoms with Gasteiger partial charge in [-0.2, -0.15) is 8.78 Å². The summed E-state index contributed by atoms with van der Waals surface area (Å²) in [6.07, 6.45) is 4.84. The molecule has 2 rings (SSSR count). The minimum atomic E-state index is -2.86. The van der Waals surface area contributed by atoms with Crippen molar-refractivity contribution in [2.75, 3.05) is 0 Å². The molecule has 0 fully saturated rings. The Morgan fingerprint density at radius 3 is 2.65 bits per heavy atom. The van der Waals surface area contributed by atoms with E-state index in [0.717, 1.165) is 11.1 Å². The van der Waals surface area contributed by atoms with Gasteiger partial charge in [0.2, 0.25) is 5.88 Å². The van der Waals surface area contributed by atoms with Gasteiger partial charge in [-0.3, -0.25) is 4.98 Å². The van der Waals surface area contributed by atoms with E-state index >= 15 is 0 Å².